The number of likely N-dealkylation sites (tertiary alicyclic amines) is 2. The maximum Gasteiger partial charge on any atom is 0.410 e. The molecule has 8 nitrogen and oxygen atoms in total. The van der Waals surface area contributed by atoms with Crippen LogP contribution in [0.5, 0.6) is 6.01 Å². The van der Waals surface area contributed by atoms with Crippen LogP contribution < -0.4 is 9.64 Å². The molecule has 4 heterocycles. The number of halogens is 1. The van der Waals surface area contributed by atoms with Gasteiger partial charge in [-0.15, -0.1) is 0 Å². The van der Waals surface area contributed by atoms with Crippen LogP contribution in [-0.2, 0) is 4.74 Å². The molecule has 9 heteroatoms. The Morgan fingerprint density at radius 2 is 1.77 bits per heavy atom. The SMILES string of the molecule is CN1CCC(Oc2nc(N3CCC4(CC3)CN(C(=O)OC(C)(C)C)C4)c3ccc(Br)cc3n2)CC1. The molecule has 1 amide bonds. The Labute approximate surface area is 216 Å². The largest absolute Gasteiger partial charge is 0.460 e. The molecule has 0 saturated carbocycles. The first kappa shape index (κ1) is 24.6. The van der Waals surface area contributed by atoms with Gasteiger partial charge in [-0.05, 0) is 71.7 Å². The summed E-state index contributed by atoms with van der Waals surface area (Å²) in [4.78, 5) is 28.6. The van der Waals surface area contributed by atoms with Gasteiger partial charge >= 0.3 is 12.1 Å². The van der Waals surface area contributed by atoms with Crippen molar-refractivity contribution < 1.29 is 14.3 Å². The molecule has 3 saturated heterocycles. The monoisotopic (exact) mass is 545 g/mol. The molecule has 35 heavy (non-hydrogen) atoms. The van der Waals surface area contributed by atoms with Crippen LogP contribution in [0.25, 0.3) is 10.9 Å². The number of fused-ring (bicyclic) bond motifs is 1. The normalized spacial score (nSPS) is 21.3. The van der Waals surface area contributed by atoms with Gasteiger partial charge in [-0.3, -0.25) is 0 Å². The van der Waals surface area contributed by atoms with Crippen molar-refractivity contribution in [2.45, 2.75) is 58.2 Å². The molecule has 5 rings (SSSR count). The van der Waals surface area contributed by atoms with Gasteiger partial charge in [0.05, 0.1) is 5.52 Å². The molecule has 3 aliphatic heterocycles. The molecule has 0 N–H and O–H groups in total. The second kappa shape index (κ2) is 9.39. The minimum atomic E-state index is -0.459. The zero-order valence-corrected chi connectivity index (χ0v) is 22.8. The molecule has 190 valence electrons. The number of hydrogen-bond acceptors (Lipinski definition) is 7. The van der Waals surface area contributed by atoms with Crippen LogP contribution >= 0.6 is 15.9 Å². The van der Waals surface area contributed by atoms with Crippen LogP contribution in [0.15, 0.2) is 22.7 Å². The number of aromatic nitrogens is 2. The number of hydrogen-bond donors (Lipinski definition) is 0. The van der Waals surface area contributed by atoms with Crippen molar-refractivity contribution >= 4 is 38.7 Å². The molecule has 0 unspecified atom stereocenters. The van der Waals surface area contributed by atoms with Crippen LogP contribution in [0.1, 0.15) is 46.5 Å². The molecule has 0 bridgehead atoms. The molecular weight excluding hydrogens is 510 g/mol. The summed E-state index contributed by atoms with van der Waals surface area (Å²) in [6.07, 6.45) is 3.99. The van der Waals surface area contributed by atoms with Gasteiger partial charge in [-0.1, -0.05) is 15.9 Å². The predicted octanol–water partition coefficient (Wildman–Crippen LogP) is 4.70. The molecule has 3 aliphatic rings. The molecule has 1 spiro atoms. The summed E-state index contributed by atoms with van der Waals surface area (Å²) in [7, 11) is 2.15. The number of ether oxygens (including phenoxy) is 2. The van der Waals surface area contributed by atoms with Gasteiger partial charge in [0.25, 0.3) is 0 Å². The van der Waals surface area contributed by atoms with Crippen molar-refractivity contribution in [1.29, 1.82) is 0 Å². The van der Waals surface area contributed by atoms with Gasteiger partial charge in [0.2, 0.25) is 0 Å². The number of anilines is 1. The topological polar surface area (TPSA) is 71.0 Å². The van der Waals surface area contributed by atoms with E-state index in [0.29, 0.717) is 6.01 Å². The predicted molar refractivity (Wildman–Crippen MR) is 140 cm³/mol. The number of benzene rings is 1. The van der Waals surface area contributed by atoms with Crippen molar-refractivity contribution in [3.8, 4) is 6.01 Å². The average molecular weight is 547 g/mol. The van der Waals surface area contributed by atoms with E-state index in [0.717, 1.165) is 86.1 Å². The van der Waals surface area contributed by atoms with E-state index in [9.17, 15) is 4.79 Å². The summed E-state index contributed by atoms with van der Waals surface area (Å²) in [5, 5.41) is 1.05. The lowest BCUT2D eigenvalue weighted by Gasteiger charge is -2.53. The van der Waals surface area contributed by atoms with E-state index in [4.69, 9.17) is 19.4 Å². The lowest BCUT2D eigenvalue weighted by molar-refractivity contribution is -0.0434. The number of piperidine rings is 2. The first-order chi connectivity index (χ1) is 16.6. The summed E-state index contributed by atoms with van der Waals surface area (Å²) in [6, 6.07) is 6.65. The van der Waals surface area contributed by atoms with Gasteiger partial charge in [0.1, 0.15) is 17.5 Å². The van der Waals surface area contributed by atoms with Crippen molar-refractivity contribution in [3.05, 3.63) is 22.7 Å². The second-order valence-electron chi connectivity index (χ2n) is 11.4. The van der Waals surface area contributed by atoms with Crippen LogP contribution in [0.4, 0.5) is 10.6 Å². The fourth-order valence-corrected chi connectivity index (χ4v) is 5.69. The zero-order valence-electron chi connectivity index (χ0n) is 21.2. The third kappa shape index (κ3) is 5.50. The van der Waals surface area contributed by atoms with E-state index in [2.05, 4.69) is 38.8 Å². The van der Waals surface area contributed by atoms with Crippen LogP contribution in [0.2, 0.25) is 0 Å². The standard InChI is InChI=1S/C26H36BrN5O3/c1-25(2,3)35-24(33)32-16-26(17-32)9-13-31(14-10-26)22-20-6-5-18(27)15-21(20)28-23(29-22)34-19-7-11-30(4)12-8-19/h5-6,15,19H,7-14,16-17H2,1-4H3. The Morgan fingerprint density at radius 3 is 2.43 bits per heavy atom. The van der Waals surface area contributed by atoms with Crippen molar-refractivity contribution in [1.82, 2.24) is 19.8 Å². The van der Waals surface area contributed by atoms with E-state index < -0.39 is 5.60 Å². The smallest absolute Gasteiger partial charge is 0.410 e. The summed E-state index contributed by atoms with van der Waals surface area (Å²) in [5.74, 6) is 0.948. The second-order valence-corrected chi connectivity index (χ2v) is 12.4. The Bertz CT molecular complexity index is 1080. The van der Waals surface area contributed by atoms with Crippen LogP contribution in [-0.4, -0.2) is 83.9 Å². The molecule has 1 aromatic heterocycles. The molecule has 2 aromatic rings. The van der Waals surface area contributed by atoms with Crippen LogP contribution in [0, 0.1) is 5.41 Å². The summed E-state index contributed by atoms with van der Waals surface area (Å²) < 4.78 is 12.8. The summed E-state index contributed by atoms with van der Waals surface area (Å²) in [6.45, 7) is 11.2. The Balaban J connectivity index is 1.29. The van der Waals surface area contributed by atoms with E-state index in [1.165, 1.54) is 0 Å². The third-order valence-electron chi connectivity index (χ3n) is 7.38. The van der Waals surface area contributed by atoms with Gasteiger partial charge < -0.3 is 24.2 Å². The van der Waals surface area contributed by atoms with E-state index >= 15 is 0 Å². The minimum absolute atomic E-state index is 0.155. The molecule has 0 radical (unpaired) electrons. The van der Waals surface area contributed by atoms with Crippen molar-refractivity contribution in [2.24, 2.45) is 5.41 Å². The van der Waals surface area contributed by atoms with Gasteiger partial charge in [-0.25, -0.2) is 4.79 Å². The highest BCUT2D eigenvalue weighted by Gasteiger charge is 2.48. The maximum absolute atomic E-state index is 12.4. The molecular formula is C26H36BrN5O3. The summed E-state index contributed by atoms with van der Waals surface area (Å²) >= 11 is 3.59. The highest BCUT2D eigenvalue weighted by Crippen LogP contribution is 2.42. The third-order valence-corrected chi connectivity index (χ3v) is 7.88. The number of amides is 1. The quantitative estimate of drug-likeness (QED) is 0.553. The highest BCUT2D eigenvalue weighted by molar-refractivity contribution is 9.10. The van der Waals surface area contributed by atoms with E-state index in [1.54, 1.807) is 0 Å². The number of carbonyl (C=O) groups excluding carboxylic acids is 1. The first-order valence-electron chi connectivity index (χ1n) is 12.6. The van der Waals surface area contributed by atoms with Crippen molar-refractivity contribution in [3.63, 3.8) is 0 Å². The van der Waals surface area contributed by atoms with Crippen molar-refractivity contribution in [2.75, 3.05) is 51.2 Å². The molecule has 3 fully saturated rings. The Morgan fingerprint density at radius 1 is 1.09 bits per heavy atom. The molecule has 1 aromatic carbocycles. The molecule has 0 atom stereocenters. The van der Waals surface area contributed by atoms with E-state index in [1.807, 2.05) is 37.8 Å². The number of nitrogens with zero attached hydrogens (tertiary/aromatic N) is 5. The Hall–Kier alpha value is -2.13. The number of rotatable bonds is 3. The maximum atomic E-state index is 12.4. The summed E-state index contributed by atoms with van der Waals surface area (Å²) in [5.41, 5.74) is 0.624. The van der Waals surface area contributed by atoms with E-state index in [-0.39, 0.29) is 17.6 Å². The Kier molecular flexibility index (Phi) is 6.59. The lowest BCUT2D eigenvalue weighted by atomic mass is 9.72. The van der Waals surface area contributed by atoms with Crippen LogP contribution in [0.3, 0.4) is 0 Å². The van der Waals surface area contributed by atoms with Gasteiger partial charge in [-0.2, -0.15) is 9.97 Å². The van der Waals surface area contributed by atoms with Gasteiger partial charge in [0, 0.05) is 54.5 Å². The van der Waals surface area contributed by atoms with Gasteiger partial charge in [0.15, 0.2) is 0 Å². The highest BCUT2D eigenvalue weighted by atomic mass is 79.9. The molecule has 0 aliphatic carbocycles. The fraction of sp³-hybridized carbons (Fsp3) is 0.654. The number of carbonyl (C=O) groups is 1. The average Bonchev–Trinajstić information content (AvgIpc) is 2.77. The fourth-order valence-electron chi connectivity index (χ4n) is 5.34. The zero-order chi connectivity index (χ0) is 24.8. The minimum Gasteiger partial charge on any atom is -0.460 e. The first-order valence-corrected chi connectivity index (χ1v) is 13.4. The lowest BCUT2D eigenvalue weighted by Crippen LogP contribution is -2.62.